The third-order valence-electron chi connectivity index (χ3n) is 2.87. The molecule has 0 aliphatic rings. The Bertz CT molecular complexity index is 794. The number of furan rings is 1. The summed E-state index contributed by atoms with van der Waals surface area (Å²) < 4.78 is 12.1. The molecule has 3 rings (SSSR count). The number of halogens is 1. The van der Waals surface area contributed by atoms with Crippen molar-refractivity contribution in [1.29, 1.82) is 0 Å². The number of nitrogens with zero attached hydrogens (tertiary/aromatic N) is 3. The highest BCUT2D eigenvalue weighted by atomic mass is 35.5. The largest absolute Gasteiger partial charge is 0.461 e. The standard InChI is InChI=1S/C14H12ClN3O3/c1-2-20-14(19)12-8-18(17-16-12)7-11-5-9-3-4-10(15)6-13(9)21-11/h3-6,8H,2,7H2,1H3. The topological polar surface area (TPSA) is 70.2 Å². The first-order valence-electron chi connectivity index (χ1n) is 6.41. The van der Waals surface area contributed by atoms with Gasteiger partial charge in [-0.15, -0.1) is 5.10 Å². The van der Waals surface area contributed by atoms with Gasteiger partial charge < -0.3 is 9.15 Å². The fourth-order valence-electron chi connectivity index (χ4n) is 1.97. The van der Waals surface area contributed by atoms with Crippen molar-refractivity contribution >= 4 is 28.5 Å². The summed E-state index contributed by atoms with van der Waals surface area (Å²) in [7, 11) is 0. The maximum atomic E-state index is 11.5. The monoisotopic (exact) mass is 305 g/mol. The Hall–Kier alpha value is -2.34. The highest BCUT2D eigenvalue weighted by Crippen LogP contribution is 2.23. The summed E-state index contributed by atoms with van der Waals surface area (Å²) in [4.78, 5) is 11.5. The lowest BCUT2D eigenvalue weighted by Crippen LogP contribution is -2.04. The molecule has 0 spiro atoms. The number of hydrogen-bond acceptors (Lipinski definition) is 5. The van der Waals surface area contributed by atoms with E-state index in [1.807, 2.05) is 12.1 Å². The van der Waals surface area contributed by atoms with Crippen molar-refractivity contribution in [3.8, 4) is 0 Å². The van der Waals surface area contributed by atoms with E-state index in [4.69, 9.17) is 20.8 Å². The molecule has 2 heterocycles. The normalized spacial score (nSPS) is 11.0. The molecule has 0 saturated carbocycles. The first-order valence-corrected chi connectivity index (χ1v) is 6.78. The average molecular weight is 306 g/mol. The summed E-state index contributed by atoms with van der Waals surface area (Å²) in [6.07, 6.45) is 1.53. The number of carbonyl (C=O) groups excluding carboxylic acids is 1. The van der Waals surface area contributed by atoms with Gasteiger partial charge in [0.2, 0.25) is 0 Å². The SMILES string of the molecule is CCOC(=O)c1cn(Cc2cc3ccc(Cl)cc3o2)nn1. The average Bonchev–Trinajstić information content (AvgIpc) is 3.05. The number of benzene rings is 1. The fourth-order valence-corrected chi connectivity index (χ4v) is 2.13. The molecule has 0 amide bonds. The molecule has 2 aromatic heterocycles. The van der Waals surface area contributed by atoms with E-state index < -0.39 is 5.97 Å². The van der Waals surface area contributed by atoms with Crippen LogP contribution in [0.5, 0.6) is 0 Å². The van der Waals surface area contributed by atoms with Crippen LogP contribution in [-0.2, 0) is 11.3 Å². The second kappa shape index (κ2) is 5.57. The van der Waals surface area contributed by atoms with Gasteiger partial charge in [-0.25, -0.2) is 9.48 Å². The van der Waals surface area contributed by atoms with E-state index >= 15 is 0 Å². The maximum absolute atomic E-state index is 11.5. The van der Waals surface area contributed by atoms with E-state index in [0.29, 0.717) is 29.5 Å². The van der Waals surface area contributed by atoms with Gasteiger partial charge in [0.1, 0.15) is 17.9 Å². The van der Waals surface area contributed by atoms with Crippen molar-refractivity contribution in [2.24, 2.45) is 0 Å². The van der Waals surface area contributed by atoms with Crippen LogP contribution in [0.1, 0.15) is 23.2 Å². The van der Waals surface area contributed by atoms with Crippen LogP contribution in [0.25, 0.3) is 11.0 Å². The summed E-state index contributed by atoms with van der Waals surface area (Å²) in [6, 6.07) is 7.34. The molecule has 0 aliphatic carbocycles. The Morgan fingerprint density at radius 1 is 1.43 bits per heavy atom. The predicted octanol–water partition coefficient (Wildman–Crippen LogP) is 2.90. The molecule has 1 aromatic carbocycles. The maximum Gasteiger partial charge on any atom is 0.360 e. The number of aromatic nitrogens is 3. The predicted molar refractivity (Wildman–Crippen MR) is 76.3 cm³/mol. The highest BCUT2D eigenvalue weighted by molar-refractivity contribution is 6.31. The van der Waals surface area contributed by atoms with Crippen molar-refractivity contribution in [2.45, 2.75) is 13.5 Å². The lowest BCUT2D eigenvalue weighted by atomic mass is 10.2. The Morgan fingerprint density at radius 2 is 2.29 bits per heavy atom. The zero-order valence-corrected chi connectivity index (χ0v) is 12.0. The van der Waals surface area contributed by atoms with Gasteiger partial charge in [-0.3, -0.25) is 0 Å². The molecular weight excluding hydrogens is 294 g/mol. The van der Waals surface area contributed by atoms with Gasteiger partial charge in [-0.1, -0.05) is 16.8 Å². The van der Waals surface area contributed by atoms with E-state index in [0.717, 1.165) is 5.39 Å². The molecule has 0 unspecified atom stereocenters. The van der Waals surface area contributed by atoms with Crippen molar-refractivity contribution < 1.29 is 13.9 Å². The van der Waals surface area contributed by atoms with Gasteiger partial charge in [0, 0.05) is 16.5 Å². The molecule has 0 fully saturated rings. The fraction of sp³-hybridized carbons (Fsp3) is 0.214. The van der Waals surface area contributed by atoms with E-state index in [1.54, 1.807) is 19.1 Å². The minimum Gasteiger partial charge on any atom is -0.461 e. The van der Waals surface area contributed by atoms with Crippen LogP contribution in [0.3, 0.4) is 0 Å². The number of fused-ring (bicyclic) bond motifs is 1. The molecule has 0 N–H and O–H groups in total. The quantitative estimate of drug-likeness (QED) is 0.693. The van der Waals surface area contributed by atoms with Gasteiger partial charge in [0.25, 0.3) is 0 Å². The van der Waals surface area contributed by atoms with Crippen molar-refractivity contribution in [3.05, 3.63) is 46.9 Å². The van der Waals surface area contributed by atoms with Crippen LogP contribution in [0.4, 0.5) is 0 Å². The van der Waals surface area contributed by atoms with Gasteiger partial charge in [-0.2, -0.15) is 0 Å². The van der Waals surface area contributed by atoms with Crippen molar-refractivity contribution in [2.75, 3.05) is 6.61 Å². The Kier molecular flexibility index (Phi) is 3.62. The van der Waals surface area contributed by atoms with Gasteiger partial charge in [-0.05, 0) is 25.1 Å². The number of rotatable bonds is 4. The molecule has 7 heteroatoms. The zero-order chi connectivity index (χ0) is 14.8. The van der Waals surface area contributed by atoms with Crippen LogP contribution in [0, 0.1) is 0 Å². The lowest BCUT2D eigenvalue weighted by Gasteiger charge is -1.96. The smallest absolute Gasteiger partial charge is 0.360 e. The van der Waals surface area contributed by atoms with Crippen LogP contribution in [-0.4, -0.2) is 27.6 Å². The van der Waals surface area contributed by atoms with E-state index in [-0.39, 0.29) is 5.69 Å². The van der Waals surface area contributed by atoms with Gasteiger partial charge in [0.15, 0.2) is 5.69 Å². The summed E-state index contributed by atoms with van der Waals surface area (Å²) in [5, 5.41) is 9.23. The Morgan fingerprint density at radius 3 is 3.10 bits per heavy atom. The van der Waals surface area contributed by atoms with Gasteiger partial charge >= 0.3 is 5.97 Å². The minimum absolute atomic E-state index is 0.177. The Balaban J connectivity index is 1.80. The minimum atomic E-state index is -0.486. The van der Waals surface area contributed by atoms with Crippen molar-refractivity contribution in [1.82, 2.24) is 15.0 Å². The molecule has 0 bridgehead atoms. The van der Waals surface area contributed by atoms with Crippen LogP contribution in [0.2, 0.25) is 5.02 Å². The summed E-state index contributed by atoms with van der Waals surface area (Å²) in [5.41, 5.74) is 0.888. The molecule has 6 nitrogen and oxygen atoms in total. The third-order valence-corrected chi connectivity index (χ3v) is 3.11. The first kappa shape index (κ1) is 13.6. The summed E-state index contributed by atoms with van der Waals surface area (Å²) >= 11 is 5.92. The molecule has 108 valence electrons. The van der Waals surface area contributed by atoms with Crippen molar-refractivity contribution in [3.63, 3.8) is 0 Å². The highest BCUT2D eigenvalue weighted by Gasteiger charge is 2.12. The number of hydrogen-bond donors (Lipinski definition) is 0. The number of esters is 1. The first-order chi connectivity index (χ1) is 10.2. The number of carbonyl (C=O) groups is 1. The summed E-state index contributed by atoms with van der Waals surface area (Å²) in [5.74, 6) is 0.215. The lowest BCUT2D eigenvalue weighted by molar-refractivity contribution is 0.0519. The second-order valence-electron chi connectivity index (χ2n) is 4.42. The molecule has 0 aliphatic heterocycles. The third kappa shape index (κ3) is 2.90. The molecular formula is C14H12ClN3O3. The number of ether oxygens (including phenoxy) is 1. The van der Waals surface area contributed by atoms with E-state index in [1.165, 1.54) is 10.9 Å². The van der Waals surface area contributed by atoms with Crippen LogP contribution in [0.15, 0.2) is 34.9 Å². The van der Waals surface area contributed by atoms with Crippen LogP contribution >= 0.6 is 11.6 Å². The molecule has 0 saturated heterocycles. The van der Waals surface area contributed by atoms with E-state index in [2.05, 4.69) is 10.3 Å². The molecule has 0 radical (unpaired) electrons. The molecule has 21 heavy (non-hydrogen) atoms. The second-order valence-corrected chi connectivity index (χ2v) is 4.85. The summed E-state index contributed by atoms with van der Waals surface area (Å²) in [6.45, 7) is 2.41. The van der Waals surface area contributed by atoms with Gasteiger partial charge in [0.05, 0.1) is 12.8 Å². The van der Waals surface area contributed by atoms with E-state index in [9.17, 15) is 4.79 Å². The Labute approximate surface area is 125 Å². The zero-order valence-electron chi connectivity index (χ0n) is 11.2. The molecule has 0 atom stereocenters. The molecule has 3 aromatic rings. The van der Waals surface area contributed by atoms with Crippen LogP contribution < -0.4 is 0 Å².